The molecule has 3 aromatic heterocycles. The van der Waals surface area contributed by atoms with Gasteiger partial charge in [-0.05, 0) is 44.9 Å². The van der Waals surface area contributed by atoms with Crippen LogP contribution in [0.25, 0.3) is 33.2 Å². The third kappa shape index (κ3) is 4.01. The molecule has 7 rings (SSSR count). The van der Waals surface area contributed by atoms with Crippen LogP contribution in [0.15, 0.2) is 18.3 Å². The van der Waals surface area contributed by atoms with Crippen molar-refractivity contribution in [3.63, 3.8) is 0 Å². The first kappa shape index (κ1) is 25.7. The predicted molar refractivity (Wildman–Crippen MR) is 145 cm³/mol. The molecule has 3 aliphatic heterocycles. The van der Waals surface area contributed by atoms with Crippen molar-refractivity contribution in [3.05, 3.63) is 35.5 Å². The summed E-state index contributed by atoms with van der Waals surface area (Å²) in [4.78, 5) is 25.5. The lowest BCUT2D eigenvalue weighted by molar-refractivity contribution is 0.107. The number of fused-ring (bicyclic) bond motifs is 3. The van der Waals surface area contributed by atoms with E-state index >= 15 is 4.39 Å². The van der Waals surface area contributed by atoms with Crippen LogP contribution < -0.4 is 9.64 Å². The molecule has 0 bridgehead atoms. The average molecular weight is 562 g/mol. The van der Waals surface area contributed by atoms with E-state index in [1.807, 2.05) is 11.8 Å². The highest BCUT2D eigenvalue weighted by Gasteiger charge is 2.49. The van der Waals surface area contributed by atoms with E-state index in [1.54, 1.807) is 0 Å². The van der Waals surface area contributed by atoms with Crippen molar-refractivity contribution < 1.29 is 23.0 Å². The monoisotopic (exact) mass is 561 g/mol. The number of benzene rings is 1. The Labute approximate surface area is 233 Å². The first-order valence-corrected chi connectivity index (χ1v) is 13.6. The summed E-state index contributed by atoms with van der Waals surface area (Å²) >= 11 is 0. The Bertz CT molecular complexity index is 1760. The summed E-state index contributed by atoms with van der Waals surface area (Å²) < 4.78 is 51.4. The normalized spacial score (nSPS) is 24.0. The van der Waals surface area contributed by atoms with Gasteiger partial charge in [0.1, 0.15) is 41.3 Å². The molecule has 12 heteroatoms. The van der Waals surface area contributed by atoms with Crippen molar-refractivity contribution in [2.75, 3.05) is 31.1 Å². The zero-order valence-corrected chi connectivity index (χ0v) is 22.2. The van der Waals surface area contributed by atoms with Crippen molar-refractivity contribution >= 4 is 27.6 Å². The summed E-state index contributed by atoms with van der Waals surface area (Å²) in [5.74, 6) is 1.14. The Morgan fingerprint density at radius 2 is 2.02 bits per heavy atom. The van der Waals surface area contributed by atoms with Gasteiger partial charge < -0.3 is 14.7 Å². The molecule has 0 saturated carbocycles. The number of rotatable bonds is 5. The zero-order valence-electron chi connectivity index (χ0n) is 22.2. The molecule has 3 fully saturated rings. The van der Waals surface area contributed by atoms with Gasteiger partial charge >= 0.3 is 12.0 Å². The van der Waals surface area contributed by atoms with Crippen molar-refractivity contribution in [2.24, 2.45) is 0 Å². The number of aromatic nitrogens is 5. The van der Waals surface area contributed by atoms with Gasteiger partial charge in [0.25, 0.3) is 0 Å². The quantitative estimate of drug-likeness (QED) is 0.360. The molecule has 210 valence electrons. The molecule has 41 heavy (non-hydrogen) atoms. The number of ether oxygens (including phenoxy) is 1. The summed E-state index contributed by atoms with van der Waals surface area (Å²) in [6, 6.07) is 1.89. The minimum absolute atomic E-state index is 0.0478. The molecular weight excluding hydrogens is 535 g/mol. The number of nitrogens with zero attached hydrogens (tertiary/aromatic N) is 7. The molecule has 0 unspecified atom stereocenters. The first-order chi connectivity index (χ1) is 19.8. The molecule has 3 saturated heterocycles. The molecule has 3 aliphatic rings. The van der Waals surface area contributed by atoms with Crippen LogP contribution in [0.4, 0.5) is 19.0 Å². The van der Waals surface area contributed by atoms with Crippen LogP contribution in [0.1, 0.15) is 38.2 Å². The van der Waals surface area contributed by atoms with Gasteiger partial charge in [0, 0.05) is 37.1 Å². The van der Waals surface area contributed by atoms with Gasteiger partial charge in [-0.3, -0.25) is 4.90 Å². The molecule has 3 atom stereocenters. The molecule has 0 radical (unpaired) electrons. The van der Waals surface area contributed by atoms with Gasteiger partial charge in [0.2, 0.25) is 0 Å². The van der Waals surface area contributed by atoms with Crippen LogP contribution in [0.2, 0.25) is 0 Å². The van der Waals surface area contributed by atoms with E-state index in [0.717, 1.165) is 31.9 Å². The minimum atomic E-state index is -0.916. The Morgan fingerprint density at radius 1 is 1.17 bits per heavy atom. The van der Waals surface area contributed by atoms with Gasteiger partial charge in [0.05, 0.1) is 22.0 Å². The van der Waals surface area contributed by atoms with Crippen molar-refractivity contribution in [1.29, 1.82) is 0 Å². The number of halogens is 3. The van der Waals surface area contributed by atoms with Crippen LogP contribution in [0, 0.1) is 24.0 Å². The van der Waals surface area contributed by atoms with Crippen molar-refractivity contribution in [3.8, 4) is 35.8 Å². The van der Waals surface area contributed by atoms with Crippen molar-refractivity contribution in [1.82, 2.24) is 29.8 Å². The number of hydrogen-bond acceptors (Lipinski definition) is 9. The molecular formula is C29H26F3N7O2. The van der Waals surface area contributed by atoms with Gasteiger partial charge in [0.15, 0.2) is 5.82 Å². The second-order valence-corrected chi connectivity index (χ2v) is 11.0. The highest BCUT2D eigenvalue weighted by Crippen LogP contribution is 2.41. The van der Waals surface area contributed by atoms with E-state index in [2.05, 4.69) is 35.7 Å². The Morgan fingerprint density at radius 3 is 2.78 bits per heavy atom. The van der Waals surface area contributed by atoms with E-state index in [0.29, 0.717) is 30.7 Å². The van der Waals surface area contributed by atoms with E-state index in [-0.39, 0.29) is 52.0 Å². The molecule has 0 aliphatic carbocycles. The fourth-order valence-corrected chi connectivity index (χ4v) is 6.45. The van der Waals surface area contributed by atoms with E-state index in [4.69, 9.17) is 11.2 Å². The summed E-state index contributed by atoms with van der Waals surface area (Å²) in [5.41, 5.74) is -0.961. The lowest BCUT2D eigenvalue weighted by Crippen LogP contribution is -2.46. The number of hydrogen-bond donors (Lipinski definition) is 1. The first-order valence-electron chi connectivity index (χ1n) is 13.6. The molecule has 6 heterocycles. The number of anilines is 1. The third-order valence-electron chi connectivity index (χ3n) is 8.63. The van der Waals surface area contributed by atoms with Crippen LogP contribution in [-0.2, 0) is 0 Å². The second kappa shape index (κ2) is 9.41. The standard InChI is InChI=1S/C29H26F3N7O2/c1-3-17-19(31)5-6-20-21(17)24(36-27(40)34-20)25-22(32)23-18(26(35-25)39-10-7-15(39)2)12-33-28(37-23)41-14-29-8-4-9-38(29)13-16(30)11-29/h1,5-6,12,15-16H,4,7-11,13-14H2,2H3,(H,34,36,40)/t15-,16+,29-/m0/s1. The topological polar surface area (TPSA) is 100 Å². The molecule has 1 aromatic carbocycles. The van der Waals surface area contributed by atoms with Gasteiger partial charge in [-0.2, -0.15) is 15.0 Å². The van der Waals surface area contributed by atoms with E-state index in [1.165, 1.54) is 12.3 Å². The molecule has 0 amide bonds. The fourth-order valence-electron chi connectivity index (χ4n) is 6.45. The van der Waals surface area contributed by atoms with Crippen LogP contribution in [0.5, 0.6) is 12.0 Å². The van der Waals surface area contributed by atoms with E-state index in [9.17, 15) is 13.9 Å². The van der Waals surface area contributed by atoms with Gasteiger partial charge in [-0.25, -0.2) is 23.1 Å². The summed E-state index contributed by atoms with van der Waals surface area (Å²) in [5, 5.41) is 10.7. The highest BCUT2D eigenvalue weighted by molar-refractivity contribution is 6.00. The maximum absolute atomic E-state index is 16.4. The molecule has 1 N–H and O–H groups in total. The smallest absolute Gasteiger partial charge is 0.317 e. The average Bonchev–Trinajstić information content (AvgIpc) is 3.48. The van der Waals surface area contributed by atoms with Crippen molar-refractivity contribution in [2.45, 2.75) is 50.4 Å². The van der Waals surface area contributed by atoms with Gasteiger partial charge in [-0.15, -0.1) is 6.42 Å². The largest absolute Gasteiger partial charge is 0.479 e. The Kier molecular flexibility index (Phi) is 5.90. The SMILES string of the molecule is C#Cc1c(F)ccc2nc(O)nc(-c3nc(N4CC[C@@H]4C)c4cnc(OC[C@@]56CCCN5C[C@H](F)C6)nc4c3F)c12. The molecule has 4 aromatic rings. The number of alkyl halides is 1. The number of pyridine rings is 1. The Balaban J connectivity index is 1.39. The number of aromatic hydroxyl groups is 1. The second-order valence-electron chi connectivity index (χ2n) is 11.0. The van der Waals surface area contributed by atoms with E-state index < -0.39 is 29.4 Å². The van der Waals surface area contributed by atoms with Crippen LogP contribution in [-0.4, -0.2) is 78.9 Å². The lowest BCUT2D eigenvalue weighted by Gasteiger charge is -2.40. The van der Waals surface area contributed by atoms with Crippen LogP contribution in [0.3, 0.4) is 0 Å². The zero-order chi connectivity index (χ0) is 28.5. The fraction of sp³-hybridized carbons (Fsp3) is 0.414. The third-order valence-corrected chi connectivity index (χ3v) is 8.63. The predicted octanol–water partition coefficient (Wildman–Crippen LogP) is 4.15. The maximum Gasteiger partial charge on any atom is 0.317 e. The summed E-state index contributed by atoms with van der Waals surface area (Å²) in [7, 11) is 0. The molecule has 9 nitrogen and oxygen atoms in total. The maximum atomic E-state index is 16.4. The number of terminal acetylenes is 1. The Hall–Kier alpha value is -4.24. The van der Waals surface area contributed by atoms with Gasteiger partial charge in [-0.1, -0.05) is 5.92 Å². The van der Waals surface area contributed by atoms with Crippen LogP contribution >= 0.6 is 0 Å². The lowest BCUT2D eigenvalue weighted by atomic mass is 9.95. The minimum Gasteiger partial charge on any atom is -0.479 e. The summed E-state index contributed by atoms with van der Waals surface area (Å²) in [6.07, 6.45) is 9.21. The highest BCUT2D eigenvalue weighted by atomic mass is 19.1. The molecule has 0 spiro atoms. The summed E-state index contributed by atoms with van der Waals surface area (Å²) in [6.45, 7) is 4.06.